The average molecular weight is 259 g/mol. The third-order valence-corrected chi connectivity index (χ3v) is 4.34. The second kappa shape index (κ2) is 3.84. The topological polar surface area (TPSA) is 38.1 Å². The molecule has 2 aromatic rings. The summed E-state index contributed by atoms with van der Waals surface area (Å²) in [5.41, 5.74) is 2.72. The van der Waals surface area contributed by atoms with Crippen LogP contribution < -0.4 is 10.0 Å². The van der Waals surface area contributed by atoms with Gasteiger partial charge < -0.3 is 9.31 Å². The molecule has 1 aromatic heterocycles. The van der Waals surface area contributed by atoms with Crippen molar-refractivity contribution in [3.8, 4) is 0 Å². The van der Waals surface area contributed by atoms with E-state index in [0.29, 0.717) is 0 Å². The third-order valence-electron chi connectivity index (χ3n) is 4.34. The molecule has 1 aromatic carbocycles. The first-order chi connectivity index (χ1) is 8.80. The maximum atomic E-state index is 6.07. The highest BCUT2D eigenvalue weighted by Crippen LogP contribution is 2.36. The van der Waals surface area contributed by atoms with Crippen LogP contribution in [0.5, 0.6) is 0 Å². The van der Waals surface area contributed by atoms with Gasteiger partial charge in [-0.25, -0.2) is 9.55 Å². The number of fused-ring (bicyclic) bond motifs is 1. The maximum Gasteiger partial charge on any atom is 0.494 e. The van der Waals surface area contributed by atoms with Gasteiger partial charge in [-0.15, -0.1) is 0 Å². The smallest absolute Gasteiger partial charge is 0.399 e. The van der Waals surface area contributed by atoms with Gasteiger partial charge in [0, 0.05) is 0 Å². The van der Waals surface area contributed by atoms with Crippen LogP contribution in [0.25, 0.3) is 11.0 Å². The monoisotopic (exact) mass is 259 g/mol. The first-order valence-corrected chi connectivity index (χ1v) is 6.62. The van der Waals surface area contributed by atoms with E-state index in [-0.39, 0.29) is 18.3 Å². The van der Waals surface area contributed by atoms with Gasteiger partial charge in [-0.3, -0.25) is 0 Å². The SMILES string of the molecule is C[n+]1c[nH]c2ccc(B3OC(C)(C)C(C)(C)O3)cc21. The van der Waals surface area contributed by atoms with E-state index >= 15 is 0 Å². The number of benzene rings is 1. The van der Waals surface area contributed by atoms with Crippen LogP contribution >= 0.6 is 0 Å². The van der Waals surface area contributed by atoms with Crippen LogP contribution in [0.3, 0.4) is 0 Å². The Morgan fingerprint density at radius 3 is 2.37 bits per heavy atom. The van der Waals surface area contributed by atoms with Gasteiger partial charge in [-0.1, -0.05) is 6.07 Å². The fraction of sp³-hybridized carbons (Fsp3) is 0.500. The zero-order valence-electron chi connectivity index (χ0n) is 12.2. The Labute approximate surface area is 113 Å². The summed E-state index contributed by atoms with van der Waals surface area (Å²) in [4.78, 5) is 3.22. The minimum atomic E-state index is -0.302. The Kier molecular flexibility index (Phi) is 2.56. The van der Waals surface area contributed by atoms with Gasteiger partial charge in [0.25, 0.3) is 0 Å². The number of hydrogen-bond donors (Lipinski definition) is 1. The lowest BCUT2D eigenvalue weighted by Gasteiger charge is -2.32. The Balaban J connectivity index is 2.00. The van der Waals surface area contributed by atoms with Crippen molar-refractivity contribution < 1.29 is 13.9 Å². The number of nitrogens with one attached hydrogen (secondary N) is 1. The summed E-state index contributed by atoms with van der Waals surface area (Å²) in [6.45, 7) is 8.29. The number of aryl methyl sites for hydroxylation is 1. The van der Waals surface area contributed by atoms with Gasteiger partial charge in [0.2, 0.25) is 6.33 Å². The number of aromatic nitrogens is 2. The predicted octanol–water partition coefficient (Wildman–Crippen LogP) is 1.29. The standard InChI is InChI=1S/C14H19BN2O2/c1-13(2)14(3,4)19-15(18-13)10-6-7-11-12(8-10)17(5)9-16-11/h6-9H,1-5H3/p+1. The summed E-state index contributed by atoms with van der Waals surface area (Å²) >= 11 is 0. The number of imidazole rings is 1. The first-order valence-electron chi connectivity index (χ1n) is 6.62. The van der Waals surface area contributed by atoms with Gasteiger partial charge in [-0.2, -0.15) is 0 Å². The summed E-state index contributed by atoms with van der Waals surface area (Å²) in [6, 6.07) is 6.24. The Morgan fingerprint density at radius 2 is 1.74 bits per heavy atom. The molecular formula is C14H20BN2O2+. The minimum absolute atomic E-state index is 0.299. The molecule has 0 radical (unpaired) electrons. The highest BCUT2D eigenvalue weighted by molar-refractivity contribution is 6.62. The molecule has 1 saturated heterocycles. The van der Waals surface area contributed by atoms with Crippen molar-refractivity contribution in [2.24, 2.45) is 7.05 Å². The van der Waals surface area contributed by atoms with Crippen molar-refractivity contribution in [2.75, 3.05) is 0 Å². The maximum absolute atomic E-state index is 6.07. The molecule has 5 heteroatoms. The molecule has 1 N–H and O–H groups in total. The van der Waals surface area contributed by atoms with Gasteiger partial charge in [0.15, 0.2) is 11.0 Å². The number of hydrogen-bond acceptors (Lipinski definition) is 2. The van der Waals surface area contributed by atoms with E-state index < -0.39 is 0 Å². The molecule has 1 fully saturated rings. The molecule has 3 rings (SSSR count). The van der Waals surface area contributed by atoms with E-state index in [2.05, 4.69) is 55.4 Å². The molecule has 0 aliphatic carbocycles. The van der Waals surface area contributed by atoms with E-state index in [9.17, 15) is 0 Å². The summed E-state index contributed by atoms with van der Waals surface area (Å²) in [6.07, 6.45) is 1.94. The van der Waals surface area contributed by atoms with Crippen LogP contribution in [0.15, 0.2) is 24.5 Å². The number of H-pyrrole nitrogens is 1. The summed E-state index contributed by atoms with van der Waals surface area (Å²) in [5, 5.41) is 0. The van der Waals surface area contributed by atoms with Crippen molar-refractivity contribution in [3.05, 3.63) is 24.5 Å². The molecule has 19 heavy (non-hydrogen) atoms. The van der Waals surface area contributed by atoms with Gasteiger partial charge >= 0.3 is 7.12 Å². The zero-order chi connectivity index (χ0) is 13.8. The van der Waals surface area contributed by atoms with E-state index in [1.165, 1.54) is 0 Å². The quantitative estimate of drug-likeness (QED) is 0.619. The summed E-state index contributed by atoms with van der Waals surface area (Å²) in [7, 11) is 1.72. The molecular weight excluding hydrogens is 239 g/mol. The summed E-state index contributed by atoms with van der Waals surface area (Å²) in [5.74, 6) is 0. The second-order valence-electron chi connectivity index (χ2n) is 6.25. The minimum Gasteiger partial charge on any atom is -0.399 e. The average Bonchev–Trinajstić information content (AvgIpc) is 2.78. The lowest BCUT2D eigenvalue weighted by Crippen LogP contribution is -2.41. The van der Waals surface area contributed by atoms with E-state index in [0.717, 1.165) is 16.5 Å². The molecule has 4 nitrogen and oxygen atoms in total. The lowest BCUT2D eigenvalue weighted by molar-refractivity contribution is -0.644. The highest BCUT2D eigenvalue weighted by atomic mass is 16.7. The Morgan fingerprint density at radius 1 is 1.11 bits per heavy atom. The molecule has 0 saturated carbocycles. The van der Waals surface area contributed by atoms with Gasteiger partial charge in [0.05, 0.1) is 18.2 Å². The van der Waals surface area contributed by atoms with Crippen molar-refractivity contribution in [3.63, 3.8) is 0 Å². The fourth-order valence-electron chi connectivity index (χ4n) is 2.32. The van der Waals surface area contributed by atoms with E-state index in [1.54, 1.807) is 0 Å². The molecule has 0 bridgehead atoms. The zero-order valence-corrected chi connectivity index (χ0v) is 12.2. The molecule has 0 spiro atoms. The Bertz CT molecular complexity index is 617. The molecule has 0 unspecified atom stereocenters. The molecule has 1 aliphatic rings. The van der Waals surface area contributed by atoms with Crippen LogP contribution in [0.2, 0.25) is 0 Å². The highest BCUT2D eigenvalue weighted by Gasteiger charge is 2.51. The van der Waals surface area contributed by atoms with Crippen LogP contribution in [0.1, 0.15) is 27.7 Å². The molecule has 2 heterocycles. The van der Waals surface area contributed by atoms with Crippen molar-refractivity contribution >= 4 is 23.6 Å². The lowest BCUT2D eigenvalue weighted by atomic mass is 9.79. The number of nitrogens with zero attached hydrogens (tertiary/aromatic N) is 1. The van der Waals surface area contributed by atoms with Crippen LogP contribution in [-0.4, -0.2) is 23.3 Å². The van der Waals surface area contributed by atoms with E-state index in [1.807, 2.05) is 13.4 Å². The van der Waals surface area contributed by atoms with Crippen LogP contribution in [-0.2, 0) is 16.4 Å². The molecule has 0 atom stereocenters. The first kappa shape index (κ1) is 12.7. The van der Waals surface area contributed by atoms with Crippen molar-refractivity contribution in [2.45, 2.75) is 38.9 Å². The van der Waals surface area contributed by atoms with Crippen LogP contribution in [0.4, 0.5) is 0 Å². The van der Waals surface area contributed by atoms with Gasteiger partial charge in [0.1, 0.15) is 0 Å². The fourth-order valence-corrected chi connectivity index (χ4v) is 2.32. The summed E-state index contributed by atoms with van der Waals surface area (Å²) < 4.78 is 14.2. The number of rotatable bonds is 1. The largest absolute Gasteiger partial charge is 0.494 e. The number of aromatic amines is 1. The molecule has 1 aliphatic heterocycles. The second-order valence-corrected chi connectivity index (χ2v) is 6.25. The predicted molar refractivity (Wildman–Crippen MR) is 75.2 cm³/mol. The van der Waals surface area contributed by atoms with Crippen molar-refractivity contribution in [1.29, 1.82) is 0 Å². The van der Waals surface area contributed by atoms with Gasteiger partial charge in [-0.05, 0) is 45.3 Å². The van der Waals surface area contributed by atoms with Crippen LogP contribution in [0, 0.1) is 0 Å². The van der Waals surface area contributed by atoms with Crippen molar-refractivity contribution in [1.82, 2.24) is 4.98 Å². The normalized spacial score (nSPS) is 21.2. The molecule has 0 amide bonds. The third kappa shape index (κ3) is 1.88. The Hall–Kier alpha value is -1.33. The molecule has 100 valence electrons. The van der Waals surface area contributed by atoms with E-state index in [4.69, 9.17) is 9.31 Å².